The summed E-state index contributed by atoms with van der Waals surface area (Å²) in [6.45, 7) is 0.423. The van der Waals surface area contributed by atoms with E-state index in [1.807, 2.05) is 12.1 Å². The first-order valence-electron chi connectivity index (χ1n) is 5.90. The van der Waals surface area contributed by atoms with E-state index in [0.717, 1.165) is 11.3 Å². The van der Waals surface area contributed by atoms with Crippen molar-refractivity contribution in [3.8, 4) is 0 Å². The number of para-hydroxylation sites is 1. The molecule has 20 heavy (non-hydrogen) atoms. The van der Waals surface area contributed by atoms with E-state index in [9.17, 15) is 8.42 Å². The summed E-state index contributed by atoms with van der Waals surface area (Å²) < 4.78 is 26.8. The Hall–Kier alpha value is -2.19. The lowest BCUT2D eigenvalue weighted by Crippen LogP contribution is -2.11. The SMILES string of the molecule is Cn1ncnc1Cn1cc(S(N)(=O)=O)c2ccccc21. The monoisotopic (exact) mass is 291 g/mol. The molecule has 3 rings (SSSR count). The van der Waals surface area contributed by atoms with Crippen LogP contribution in [0, 0.1) is 0 Å². The number of hydrogen-bond donors (Lipinski definition) is 1. The number of aryl methyl sites for hydroxylation is 1. The number of fused-ring (bicyclic) bond motifs is 1. The molecule has 0 unspecified atom stereocenters. The highest BCUT2D eigenvalue weighted by Crippen LogP contribution is 2.24. The lowest BCUT2D eigenvalue weighted by Gasteiger charge is -2.04. The molecule has 8 heteroatoms. The first kappa shape index (κ1) is 12.8. The van der Waals surface area contributed by atoms with Gasteiger partial charge in [-0.1, -0.05) is 18.2 Å². The number of aromatic nitrogens is 4. The quantitative estimate of drug-likeness (QED) is 0.758. The highest BCUT2D eigenvalue weighted by atomic mass is 32.2. The van der Waals surface area contributed by atoms with Crippen LogP contribution in [-0.2, 0) is 23.6 Å². The molecule has 2 heterocycles. The summed E-state index contributed by atoms with van der Waals surface area (Å²) >= 11 is 0. The van der Waals surface area contributed by atoms with Crippen LogP contribution < -0.4 is 5.14 Å². The van der Waals surface area contributed by atoms with E-state index >= 15 is 0 Å². The van der Waals surface area contributed by atoms with Gasteiger partial charge in [0, 0.05) is 24.1 Å². The summed E-state index contributed by atoms with van der Waals surface area (Å²) in [6.07, 6.45) is 3.00. The largest absolute Gasteiger partial charge is 0.338 e. The predicted molar refractivity (Wildman–Crippen MR) is 73.4 cm³/mol. The van der Waals surface area contributed by atoms with Gasteiger partial charge in [0.15, 0.2) is 0 Å². The summed E-state index contributed by atoms with van der Waals surface area (Å²) in [6, 6.07) is 7.22. The fourth-order valence-corrected chi connectivity index (χ4v) is 2.94. The van der Waals surface area contributed by atoms with Gasteiger partial charge in [-0.25, -0.2) is 18.5 Å². The second kappa shape index (κ2) is 4.43. The highest BCUT2D eigenvalue weighted by Gasteiger charge is 2.17. The Labute approximate surface area is 115 Å². The zero-order valence-corrected chi connectivity index (χ0v) is 11.6. The van der Waals surface area contributed by atoms with Gasteiger partial charge in [0.2, 0.25) is 10.0 Å². The van der Waals surface area contributed by atoms with Crippen LogP contribution in [0.1, 0.15) is 5.82 Å². The normalized spacial score (nSPS) is 12.1. The van der Waals surface area contributed by atoms with Crippen LogP contribution >= 0.6 is 0 Å². The Kier molecular flexibility index (Phi) is 2.84. The smallest absolute Gasteiger partial charge is 0.240 e. The maximum absolute atomic E-state index is 11.7. The number of primary sulfonamides is 1. The maximum atomic E-state index is 11.7. The van der Waals surface area contributed by atoms with Crippen molar-refractivity contribution in [1.82, 2.24) is 19.3 Å². The molecule has 7 nitrogen and oxygen atoms in total. The van der Waals surface area contributed by atoms with Gasteiger partial charge in [-0.05, 0) is 6.07 Å². The third kappa shape index (κ3) is 2.08. The molecule has 104 valence electrons. The molecule has 1 aromatic carbocycles. The Bertz CT molecular complexity index is 878. The van der Waals surface area contributed by atoms with Gasteiger partial charge >= 0.3 is 0 Å². The third-order valence-electron chi connectivity index (χ3n) is 3.18. The lowest BCUT2D eigenvalue weighted by molar-refractivity contribution is 0.597. The van der Waals surface area contributed by atoms with Crippen molar-refractivity contribution >= 4 is 20.9 Å². The van der Waals surface area contributed by atoms with E-state index in [4.69, 9.17) is 5.14 Å². The van der Waals surface area contributed by atoms with E-state index in [1.54, 1.807) is 28.4 Å². The molecule has 0 aliphatic heterocycles. The molecule has 0 saturated heterocycles. The first-order valence-corrected chi connectivity index (χ1v) is 7.45. The van der Waals surface area contributed by atoms with E-state index in [0.29, 0.717) is 11.9 Å². The molecule has 0 bridgehead atoms. The van der Waals surface area contributed by atoms with Gasteiger partial charge < -0.3 is 4.57 Å². The van der Waals surface area contributed by atoms with Gasteiger partial charge in [-0.15, -0.1) is 0 Å². The zero-order chi connectivity index (χ0) is 14.3. The molecular weight excluding hydrogens is 278 g/mol. The molecular formula is C12H13N5O2S. The summed E-state index contributed by atoms with van der Waals surface area (Å²) in [5, 5.41) is 9.87. The van der Waals surface area contributed by atoms with Crippen LogP contribution in [0.2, 0.25) is 0 Å². The van der Waals surface area contributed by atoms with Gasteiger partial charge in [-0.3, -0.25) is 4.68 Å². The Morgan fingerprint density at radius 2 is 2.05 bits per heavy atom. The number of nitrogens with two attached hydrogens (primary N) is 1. The summed E-state index contributed by atoms with van der Waals surface area (Å²) in [4.78, 5) is 4.26. The van der Waals surface area contributed by atoms with E-state index in [2.05, 4.69) is 10.1 Å². The highest BCUT2D eigenvalue weighted by molar-refractivity contribution is 7.89. The summed E-state index contributed by atoms with van der Waals surface area (Å²) in [5.41, 5.74) is 0.791. The second-order valence-corrected chi connectivity index (χ2v) is 6.01. The maximum Gasteiger partial charge on any atom is 0.240 e. The number of benzene rings is 1. The van der Waals surface area contributed by atoms with Gasteiger partial charge in [0.25, 0.3) is 0 Å². The predicted octanol–water partition coefficient (Wildman–Crippen LogP) is 0.465. The fraction of sp³-hybridized carbons (Fsp3) is 0.167. The van der Waals surface area contributed by atoms with Gasteiger partial charge in [-0.2, -0.15) is 5.10 Å². The van der Waals surface area contributed by atoms with Crippen molar-refractivity contribution in [2.24, 2.45) is 12.2 Å². The average Bonchev–Trinajstić information content (AvgIpc) is 2.95. The fourth-order valence-electron chi connectivity index (χ4n) is 2.19. The topological polar surface area (TPSA) is 95.8 Å². The molecule has 0 fully saturated rings. The van der Waals surface area contributed by atoms with Crippen molar-refractivity contribution in [3.05, 3.63) is 42.6 Å². The molecule has 0 radical (unpaired) electrons. The minimum Gasteiger partial charge on any atom is -0.338 e. The summed E-state index contributed by atoms with van der Waals surface area (Å²) in [7, 11) is -1.97. The first-order chi connectivity index (χ1) is 9.47. The number of sulfonamides is 1. The van der Waals surface area contributed by atoms with E-state index < -0.39 is 10.0 Å². The van der Waals surface area contributed by atoms with Crippen molar-refractivity contribution in [2.45, 2.75) is 11.4 Å². The molecule has 0 spiro atoms. The molecule has 0 amide bonds. The average molecular weight is 291 g/mol. The minimum absolute atomic E-state index is 0.121. The van der Waals surface area contributed by atoms with Crippen LogP contribution in [0.4, 0.5) is 0 Å². The zero-order valence-electron chi connectivity index (χ0n) is 10.8. The van der Waals surface area contributed by atoms with Crippen molar-refractivity contribution < 1.29 is 8.42 Å². The Balaban J connectivity index is 2.19. The molecule has 0 aliphatic rings. The van der Waals surface area contributed by atoms with Crippen LogP contribution in [0.25, 0.3) is 10.9 Å². The van der Waals surface area contributed by atoms with Crippen LogP contribution in [0.15, 0.2) is 41.7 Å². The molecule has 0 atom stereocenters. The van der Waals surface area contributed by atoms with Crippen molar-refractivity contribution in [1.29, 1.82) is 0 Å². The molecule has 2 aromatic heterocycles. The van der Waals surface area contributed by atoms with Gasteiger partial charge in [0.05, 0.1) is 6.54 Å². The van der Waals surface area contributed by atoms with Crippen molar-refractivity contribution in [2.75, 3.05) is 0 Å². The minimum atomic E-state index is -3.76. The number of hydrogen-bond acceptors (Lipinski definition) is 4. The Morgan fingerprint density at radius 3 is 2.70 bits per heavy atom. The van der Waals surface area contributed by atoms with Crippen LogP contribution in [0.5, 0.6) is 0 Å². The molecule has 3 aromatic rings. The number of nitrogens with zero attached hydrogens (tertiary/aromatic N) is 4. The molecule has 0 aliphatic carbocycles. The van der Waals surface area contributed by atoms with Gasteiger partial charge in [0.1, 0.15) is 17.0 Å². The Morgan fingerprint density at radius 1 is 1.30 bits per heavy atom. The molecule has 0 saturated carbocycles. The van der Waals surface area contributed by atoms with Crippen LogP contribution in [0.3, 0.4) is 0 Å². The standard InChI is InChI=1S/C12H13N5O2S/c1-16-12(14-8-15-16)7-17-6-11(20(13,18)19)9-4-2-3-5-10(9)17/h2-6,8H,7H2,1H3,(H2,13,18,19). The summed E-state index contributed by atoms with van der Waals surface area (Å²) in [5.74, 6) is 0.728. The third-order valence-corrected chi connectivity index (χ3v) is 4.11. The lowest BCUT2D eigenvalue weighted by atomic mass is 10.2. The van der Waals surface area contributed by atoms with Crippen LogP contribution in [-0.4, -0.2) is 27.7 Å². The van der Waals surface area contributed by atoms with E-state index in [1.165, 1.54) is 12.5 Å². The molecule has 2 N–H and O–H groups in total. The van der Waals surface area contributed by atoms with Crippen molar-refractivity contribution in [3.63, 3.8) is 0 Å². The van der Waals surface area contributed by atoms with E-state index in [-0.39, 0.29) is 4.90 Å². The second-order valence-electron chi connectivity index (χ2n) is 4.48. The number of rotatable bonds is 3.